The van der Waals surface area contributed by atoms with Crippen LogP contribution in [0.2, 0.25) is 0 Å². The molecule has 7 rings (SSSR count). The predicted octanol–water partition coefficient (Wildman–Crippen LogP) is 38.2. The van der Waals surface area contributed by atoms with E-state index in [9.17, 15) is 0 Å². The summed E-state index contributed by atoms with van der Waals surface area (Å²) in [5, 5.41) is 0. The van der Waals surface area contributed by atoms with E-state index in [1.165, 1.54) is 148 Å². The third-order valence-electron chi connectivity index (χ3n) is 32.0. The molecule has 7 aliphatic rings. The van der Waals surface area contributed by atoms with Crippen molar-refractivity contribution in [3.63, 3.8) is 0 Å². The topological polar surface area (TPSA) is 0 Å². The first-order chi connectivity index (χ1) is 46.7. The van der Waals surface area contributed by atoms with E-state index in [2.05, 4.69) is 346 Å². The van der Waals surface area contributed by atoms with Crippen molar-refractivity contribution < 1.29 is 0 Å². The summed E-state index contributed by atoms with van der Waals surface area (Å²) >= 11 is 0. The Balaban J connectivity index is -0.000000347. The molecule has 0 aromatic heterocycles. The van der Waals surface area contributed by atoms with Crippen molar-refractivity contribution in [3.05, 3.63) is 0 Å². The third-order valence-corrected chi connectivity index (χ3v) is 32.0. The molecule has 640 valence electrons. The summed E-state index contributed by atoms with van der Waals surface area (Å²) in [6.45, 7) is 116. The van der Waals surface area contributed by atoms with Gasteiger partial charge in [-0.3, -0.25) is 0 Å². The molecule has 105 heavy (non-hydrogen) atoms. The first-order valence-electron chi connectivity index (χ1n) is 46.7. The molecule has 7 saturated carbocycles. The average Bonchev–Trinajstić information content (AvgIpc) is 1.40. The summed E-state index contributed by atoms with van der Waals surface area (Å²) in [7, 11) is 0. The fourth-order valence-corrected chi connectivity index (χ4v) is 15.3. The zero-order chi connectivity index (χ0) is 84.3. The molecule has 7 aliphatic carbocycles. The van der Waals surface area contributed by atoms with Gasteiger partial charge >= 0.3 is 0 Å². The van der Waals surface area contributed by atoms with Crippen LogP contribution in [0.25, 0.3) is 0 Å². The number of rotatable bonds is 5. The van der Waals surface area contributed by atoms with E-state index >= 15 is 0 Å². The maximum atomic E-state index is 2.42. The van der Waals surface area contributed by atoms with E-state index < -0.39 is 0 Å². The van der Waals surface area contributed by atoms with Gasteiger partial charge in [0.15, 0.2) is 0 Å². The van der Waals surface area contributed by atoms with E-state index in [1.54, 1.807) is 25.7 Å². The lowest BCUT2D eigenvalue weighted by atomic mass is 9.56. The van der Waals surface area contributed by atoms with Crippen molar-refractivity contribution in [3.8, 4) is 0 Å². The molecular formula is C105H220. The Kier molecular flexibility index (Phi) is 55.2. The fraction of sp³-hybridized carbons (Fsp3) is 1.00. The summed E-state index contributed by atoms with van der Waals surface area (Å²) in [6.07, 6.45) is 40.2. The Morgan fingerprint density at radius 2 is 0.648 bits per heavy atom. The highest BCUT2D eigenvalue weighted by Crippen LogP contribution is 2.51. The van der Waals surface area contributed by atoms with E-state index in [0.29, 0.717) is 65.0 Å². The summed E-state index contributed by atoms with van der Waals surface area (Å²) in [6, 6.07) is 0. The van der Waals surface area contributed by atoms with Crippen LogP contribution in [0.4, 0.5) is 0 Å². The van der Waals surface area contributed by atoms with Gasteiger partial charge in [-0.1, -0.05) is 481 Å². The monoisotopic (exact) mass is 1480 g/mol. The lowest BCUT2D eigenvalue weighted by Crippen LogP contribution is -2.41. The van der Waals surface area contributed by atoms with Gasteiger partial charge in [0, 0.05) is 0 Å². The zero-order valence-electron chi connectivity index (χ0n) is 84.3. The molecule has 0 N–H and O–H groups in total. The minimum atomic E-state index is 0.375. The van der Waals surface area contributed by atoms with Crippen LogP contribution in [-0.4, -0.2) is 0 Å². The zero-order valence-corrected chi connectivity index (χ0v) is 84.3. The van der Waals surface area contributed by atoms with E-state index in [1.807, 2.05) is 0 Å². The van der Waals surface area contributed by atoms with Crippen LogP contribution < -0.4 is 0 Å². The molecule has 8 atom stereocenters. The Labute approximate surface area is 675 Å². The molecule has 0 heterocycles. The summed E-state index contributed by atoms with van der Waals surface area (Å²) in [4.78, 5) is 0. The molecule has 0 aromatic rings. The van der Waals surface area contributed by atoms with E-state index in [0.717, 1.165) is 94.7 Å². The van der Waals surface area contributed by atoms with Gasteiger partial charge in [-0.05, 0) is 198 Å². The quantitative estimate of drug-likeness (QED) is 0.257. The second-order valence-electron chi connectivity index (χ2n) is 50.0. The molecule has 0 nitrogen and oxygen atoms in total. The minimum Gasteiger partial charge on any atom is -0.0651 e. The van der Waals surface area contributed by atoms with Crippen LogP contribution in [0.3, 0.4) is 0 Å². The number of fused-ring (bicyclic) bond motifs is 2. The Hall–Kier alpha value is 0. The third kappa shape index (κ3) is 52.2. The second-order valence-corrected chi connectivity index (χ2v) is 50.0. The van der Waals surface area contributed by atoms with Gasteiger partial charge in [-0.2, -0.15) is 0 Å². The van der Waals surface area contributed by atoms with Crippen LogP contribution in [0.15, 0.2) is 0 Å². The molecule has 0 aliphatic heterocycles. The van der Waals surface area contributed by atoms with Crippen LogP contribution in [-0.2, 0) is 0 Å². The number of hydrogen-bond donors (Lipinski definition) is 0. The SMILES string of the molecule is CC(C(C)(C)C)C(C)(C)C.CC(C)(C)C(C)(C)C.CC(C)(C)C(C)(C)C(C)(C)C.CC(C)C(C)(C)C(C)(C)C.CC(C)C(C)(C)C(C)C.CC(C)[C@@H](C)C(C)(C)C.CC1(C)CCCCC1.CC1CCC(C)CC1.CC1CCCC[C@H]1C.CC1CCC[C@@H](C)C1.CCC1CCCCC1.C[C@H]1CC2CCC1C2. The van der Waals surface area contributed by atoms with Crippen LogP contribution in [0, 0.1) is 160 Å². The lowest BCUT2D eigenvalue weighted by molar-refractivity contribution is 0.00575. The van der Waals surface area contributed by atoms with Crippen molar-refractivity contribution in [2.24, 2.45) is 160 Å². The largest absolute Gasteiger partial charge is 0.0651 e. The minimum absolute atomic E-state index is 0.375. The highest BCUT2D eigenvalue weighted by Gasteiger charge is 2.43. The van der Waals surface area contributed by atoms with Gasteiger partial charge in [-0.15, -0.1) is 0 Å². The highest BCUT2D eigenvalue weighted by molar-refractivity contribution is 4.92. The number of hydrogen-bond acceptors (Lipinski definition) is 0. The van der Waals surface area contributed by atoms with Gasteiger partial charge in [-0.25, -0.2) is 0 Å². The van der Waals surface area contributed by atoms with Gasteiger partial charge in [0.1, 0.15) is 0 Å². The highest BCUT2D eigenvalue weighted by atomic mass is 14.5. The van der Waals surface area contributed by atoms with Gasteiger partial charge < -0.3 is 0 Å². The normalized spacial score (nSPS) is 25.0. The van der Waals surface area contributed by atoms with Crippen molar-refractivity contribution in [2.45, 2.75) is 520 Å². The molecule has 0 saturated heterocycles. The maximum Gasteiger partial charge on any atom is -0.0257 e. The van der Waals surface area contributed by atoms with Crippen LogP contribution >= 0.6 is 0 Å². The molecular weight excluding hydrogens is 1260 g/mol. The molecule has 4 unspecified atom stereocenters. The average molecular weight is 1480 g/mol. The molecule has 0 spiro atoms. The van der Waals surface area contributed by atoms with Crippen LogP contribution in [0.1, 0.15) is 520 Å². The van der Waals surface area contributed by atoms with Crippen molar-refractivity contribution >= 4 is 0 Å². The van der Waals surface area contributed by atoms with Gasteiger partial charge in [0.25, 0.3) is 0 Å². The molecule has 2 bridgehead atoms. The summed E-state index contributed by atoms with van der Waals surface area (Å²) in [5.74, 6) is 15.2. The maximum absolute atomic E-state index is 2.42. The smallest absolute Gasteiger partial charge is 0.0257 e. The summed E-state index contributed by atoms with van der Waals surface area (Å²) < 4.78 is 0. The Morgan fingerprint density at radius 1 is 0.305 bits per heavy atom. The molecule has 0 amide bonds. The standard InChI is InChI=1S/C11H24.2C10H22.2C9H20.C8H14.5C8H16.C8H18/c1-9(2,3)11(7,8)10(4,5)6;1-8(9(2,3)4)10(5,6)7;1-8(2)10(6,7)9(3,4)5;1-7(2)8(3)9(4,5)6;1-7(2)9(5,6)8(3)4;1-6-4-7-2-3-8(6)5-7;1-7-3-5-8(2)6-4-7;1-7-4-3-5-8(2)6-7;1-8(2)6-4-3-5-7-8;1-7-5-3-4-6-8(7)2;1-2-8-6-4-3-5-7-8;1-7(2,3)8(4,5)6/h1-8H3;2*8H,1-7H3;2*7-8H,1-6H3;6-8H,2-5H2,1H3;2*7-8H,3-6H2,1-2H3;3-7H2,1-2H3;7-8H,3-6H2,1-2H3;8H,2-7H2,1H3;1-6H3/t;;;8-;;6-,7?,8?;;7-,8?;;7-,8?;;/m...1.0.1.1../s1. The van der Waals surface area contributed by atoms with Crippen LogP contribution in [0.5, 0.6) is 0 Å². The molecule has 0 aromatic carbocycles. The predicted molar refractivity (Wildman–Crippen MR) is 493 cm³/mol. The first kappa shape index (κ1) is 114. The molecule has 7 fully saturated rings. The lowest BCUT2D eigenvalue weighted by Gasteiger charge is -2.49. The summed E-state index contributed by atoms with van der Waals surface area (Å²) in [5.41, 5.74) is 5.41. The molecule has 0 heteroatoms. The van der Waals surface area contributed by atoms with Gasteiger partial charge in [0.05, 0.1) is 0 Å². The first-order valence-corrected chi connectivity index (χ1v) is 46.7. The van der Waals surface area contributed by atoms with Crippen molar-refractivity contribution in [2.75, 3.05) is 0 Å². The van der Waals surface area contributed by atoms with Crippen molar-refractivity contribution in [1.82, 2.24) is 0 Å². The van der Waals surface area contributed by atoms with E-state index in [-0.39, 0.29) is 0 Å². The molecule has 0 radical (unpaired) electrons. The van der Waals surface area contributed by atoms with E-state index in [4.69, 9.17) is 0 Å². The van der Waals surface area contributed by atoms with Gasteiger partial charge in [0.2, 0.25) is 0 Å². The second kappa shape index (κ2) is 51.1. The van der Waals surface area contributed by atoms with Crippen molar-refractivity contribution in [1.29, 1.82) is 0 Å². The Morgan fingerprint density at radius 3 is 0.771 bits per heavy atom. The fourth-order valence-electron chi connectivity index (χ4n) is 15.3. The Bertz CT molecular complexity index is 1910.